The molecule has 0 radical (unpaired) electrons. The molecule has 24 heavy (non-hydrogen) atoms. The molecule has 0 aliphatic heterocycles. The molecule has 0 saturated heterocycles. The third-order valence-corrected chi connectivity index (χ3v) is 4.71. The molecule has 0 unspecified atom stereocenters. The number of halogens is 1. The number of nitrogens with one attached hydrogen (secondary N) is 1. The number of hydrogen-bond donors (Lipinski definition) is 1. The highest BCUT2D eigenvalue weighted by Gasteiger charge is 2.21. The van der Waals surface area contributed by atoms with Crippen LogP contribution < -0.4 is 9.50 Å². The van der Waals surface area contributed by atoms with Gasteiger partial charge in [0.25, 0.3) is 0 Å². The fourth-order valence-corrected chi connectivity index (χ4v) is 3.42. The first-order chi connectivity index (χ1) is 11.2. The molecule has 0 bridgehead atoms. The van der Waals surface area contributed by atoms with E-state index in [1.54, 1.807) is 19.1 Å². The minimum atomic E-state index is -4.16. The predicted molar refractivity (Wildman–Crippen MR) is 89.5 cm³/mol. The van der Waals surface area contributed by atoms with Gasteiger partial charge in [-0.3, -0.25) is 4.79 Å². The van der Waals surface area contributed by atoms with E-state index in [0.29, 0.717) is 11.3 Å². The lowest BCUT2D eigenvalue weighted by Gasteiger charge is -2.12. The van der Waals surface area contributed by atoms with Crippen LogP contribution in [0, 0.1) is 18.3 Å². The Balaban J connectivity index is 2.40. The van der Waals surface area contributed by atoms with Crippen LogP contribution in [0.1, 0.15) is 18.1 Å². The molecule has 1 amide bonds. The molecule has 0 fully saturated rings. The maximum Gasteiger partial charge on any atom is 0.339 e. The summed E-state index contributed by atoms with van der Waals surface area (Å²) in [5.74, 6) is -0.404. The summed E-state index contributed by atoms with van der Waals surface area (Å²) in [4.78, 5) is 11.0. The first-order valence-corrected chi connectivity index (χ1v) is 8.54. The minimum Gasteiger partial charge on any atom is -0.377 e. The van der Waals surface area contributed by atoms with E-state index < -0.39 is 10.1 Å². The molecular weight excluding hydrogens is 352 g/mol. The fourth-order valence-electron chi connectivity index (χ4n) is 1.95. The van der Waals surface area contributed by atoms with Gasteiger partial charge >= 0.3 is 10.1 Å². The quantitative estimate of drug-likeness (QED) is 0.840. The molecule has 0 spiro atoms. The van der Waals surface area contributed by atoms with E-state index in [-0.39, 0.29) is 27.1 Å². The van der Waals surface area contributed by atoms with E-state index in [4.69, 9.17) is 21.0 Å². The molecule has 2 aromatic rings. The average molecular weight is 365 g/mol. The first-order valence-electron chi connectivity index (χ1n) is 6.75. The Bertz CT molecular complexity index is 949. The average Bonchev–Trinajstić information content (AvgIpc) is 2.50. The van der Waals surface area contributed by atoms with E-state index >= 15 is 0 Å². The number of carbonyl (C=O) groups is 1. The van der Waals surface area contributed by atoms with Crippen molar-refractivity contribution in [1.29, 1.82) is 5.26 Å². The number of nitriles is 1. The molecule has 0 aromatic heterocycles. The van der Waals surface area contributed by atoms with Crippen LogP contribution in [-0.4, -0.2) is 14.3 Å². The van der Waals surface area contributed by atoms with Gasteiger partial charge < -0.3 is 9.50 Å². The molecule has 1 N–H and O–H groups in total. The number of rotatable bonds is 4. The van der Waals surface area contributed by atoms with Gasteiger partial charge in [0.15, 0.2) is 5.75 Å². The van der Waals surface area contributed by atoms with Gasteiger partial charge in [-0.05, 0) is 42.8 Å². The Morgan fingerprint density at radius 2 is 1.96 bits per heavy atom. The number of hydrogen-bond acceptors (Lipinski definition) is 5. The summed E-state index contributed by atoms with van der Waals surface area (Å²) < 4.78 is 30.1. The van der Waals surface area contributed by atoms with Crippen molar-refractivity contribution in [2.45, 2.75) is 18.7 Å². The standard InChI is InChI=1S/C16H13ClN2O4S/c1-10-3-5-13(19-11(2)20)8-16(10)24(21,22)23-15-6-4-12(9-18)7-14(15)17/h3-8H,1-2H3,(H,19,20). The molecule has 0 atom stereocenters. The summed E-state index contributed by atoms with van der Waals surface area (Å²) in [6, 6.07) is 10.4. The maximum atomic E-state index is 12.5. The van der Waals surface area contributed by atoms with Crippen molar-refractivity contribution in [3.05, 3.63) is 52.5 Å². The van der Waals surface area contributed by atoms with Crippen molar-refractivity contribution < 1.29 is 17.4 Å². The number of benzene rings is 2. The third-order valence-electron chi connectivity index (χ3n) is 3.04. The number of anilines is 1. The minimum absolute atomic E-state index is 0.00768. The van der Waals surface area contributed by atoms with Crippen molar-refractivity contribution in [2.24, 2.45) is 0 Å². The van der Waals surface area contributed by atoms with E-state index in [9.17, 15) is 13.2 Å². The molecule has 2 aromatic carbocycles. The second-order valence-corrected chi connectivity index (χ2v) is 6.88. The van der Waals surface area contributed by atoms with Crippen molar-refractivity contribution in [1.82, 2.24) is 0 Å². The summed E-state index contributed by atoms with van der Waals surface area (Å²) in [6.45, 7) is 2.93. The van der Waals surface area contributed by atoms with Gasteiger partial charge in [0.2, 0.25) is 5.91 Å². The highest BCUT2D eigenvalue weighted by Crippen LogP contribution is 2.30. The van der Waals surface area contributed by atoms with E-state index in [1.165, 1.54) is 31.2 Å². The lowest BCUT2D eigenvalue weighted by Crippen LogP contribution is -2.13. The SMILES string of the molecule is CC(=O)Nc1ccc(C)c(S(=O)(=O)Oc2ccc(C#N)cc2Cl)c1. The molecule has 0 aliphatic rings. The van der Waals surface area contributed by atoms with Crippen LogP contribution in [0.4, 0.5) is 5.69 Å². The van der Waals surface area contributed by atoms with Crippen LogP contribution >= 0.6 is 11.6 Å². The number of carbonyl (C=O) groups excluding carboxylic acids is 1. The van der Waals surface area contributed by atoms with Gasteiger partial charge in [0.05, 0.1) is 16.7 Å². The van der Waals surface area contributed by atoms with Gasteiger partial charge in [-0.1, -0.05) is 17.7 Å². The van der Waals surface area contributed by atoms with Gasteiger partial charge in [-0.2, -0.15) is 13.7 Å². The molecular formula is C16H13ClN2O4S. The smallest absolute Gasteiger partial charge is 0.339 e. The summed E-state index contributed by atoms with van der Waals surface area (Å²) in [7, 11) is -4.16. The molecule has 2 rings (SSSR count). The van der Waals surface area contributed by atoms with Crippen molar-refractivity contribution in [3.63, 3.8) is 0 Å². The van der Waals surface area contributed by atoms with Crippen molar-refractivity contribution >= 4 is 33.3 Å². The van der Waals surface area contributed by atoms with Crippen LogP contribution in [-0.2, 0) is 14.9 Å². The zero-order chi connectivity index (χ0) is 17.9. The Morgan fingerprint density at radius 3 is 2.54 bits per heavy atom. The van der Waals surface area contributed by atoms with Crippen molar-refractivity contribution in [2.75, 3.05) is 5.32 Å². The molecule has 6 nitrogen and oxygen atoms in total. The van der Waals surface area contributed by atoms with E-state index in [0.717, 1.165) is 0 Å². The highest BCUT2D eigenvalue weighted by molar-refractivity contribution is 7.87. The van der Waals surface area contributed by atoms with Crippen LogP contribution in [0.15, 0.2) is 41.3 Å². The summed E-state index contributed by atoms with van der Waals surface area (Å²) in [5, 5.41) is 11.3. The number of aryl methyl sites for hydroxylation is 1. The first kappa shape index (κ1) is 17.8. The van der Waals surface area contributed by atoms with Crippen LogP contribution in [0.2, 0.25) is 5.02 Å². The second kappa shape index (κ2) is 6.91. The Morgan fingerprint density at radius 1 is 1.25 bits per heavy atom. The molecule has 0 saturated carbocycles. The van der Waals surface area contributed by atoms with Crippen LogP contribution in [0.3, 0.4) is 0 Å². The summed E-state index contributed by atoms with van der Waals surface area (Å²) in [6.07, 6.45) is 0. The van der Waals surface area contributed by atoms with E-state index in [2.05, 4.69) is 5.32 Å². The van der Waals surface area contributed by atoms with Gasteiger partial charge in [-0.25, -0.2) is 0 Å². The molecule has 0 heterocycles. The predicted octanol–water partition coefficient (Wildman–Crippen LogP) is 3.25. The second-order valence-electron chi connectivity index (χ2n) is 4.96. The fraction of sp³-hybridized carbons (Fsp3) is 0.125. The van der Waals surface area contributed by atoms with E-state index in [1.807, 2.05) is 6.07 Å². The van der Waals surface area contributed by atoms with Crippen molar-refractivity contribution in [3.8, 4) is 11.8 Å². The van der Waals surface area contributed by atoms with Crippen LogP contribution in [0.25, 0.3) is 0 Å². The molecule has 8 heteroatoms. The molecule has 0 aliphatic carbocycles. The van der Waals surface area contributed by atoms with Gasteiger partial charge in [0, 0.05) is 12.6 Å². The Kier molecular flexibility index (Phi) is 5.12. The largest absolute Gasteiger partial charge is 0.377 e. The molecule has 124 valence electrons. The maximum absolute atomic E-state index is 12.5. The van der Waals surface area contributed by atoms with Gasteiger partial charge in [-0.15, -0.1) is 0 Å². The number of nitrogens with zero attached hydrogens (tertiary/aromatic N) is 1. The summed E-state index contributed by atoms with van der Waals surface area (Å²) >= 11 is 5.94. The Labute approximate surface area is 144 Å². The zero-order valence-electron chi connectivity index (χ0n) is 12.8. The monoisotopic (exact) mass is 364 g/mol. The van der Waals surface area contributed by atoms with Gasteiger partial charge in [0.1, 0.15) is 4.90 Å². The van der Waals surface area contributed by atoms with Crippen LogP contribution in [0.5, 0.6) is 5.75 Å². The normalized spacial score (nSPS) is 10.8. The zero-order valence-corrected chi connectivity index (χ0v) is 14.4. The lowest BCUT2D eigenvalue weighted by atomic mass is 10.2. The lowest BCUT2D eigenvalue weighted by molar-refractivity contribution is -0.114. The third kappa shape index (κ3) is 4.04. The Hall–Kier alpha value is -2.56. The topological polar surface area (TPSA) is 96.3 Å². The summed E-state index contributed by atoms with van der Waals surface area (Å²) in [5.41, 5.74) is 1.07. The number of amides is 1. The highest BCUT2D eigenvalue weighted by atomic mass is 35.5.